The van der Waals surface area contributed by atoms with E-state index in [1.165, 1.54) is 31.4 Å². The van der Waals surface area contributed by atoms with E-state index < -0.39 is 0 Å². The van der Waals surface area contributed by atoms with Gasteiger partial charge in [0.1, 0.15) is 0 Å². The average molecular weight is 218 g/mol. The first-order valence-electron chi connectivity index (χ1n) is 6.74. The highest BCUT2D eigenvalue weighted by molar-refractivity contribution is 5.07. The maximum atomic E-state index is 3.77. The summed E-state index contributed by atoms with van der Waals surface area (Å²) >= 11 is 0. The highest BCUT2D eigenvalue weighted by Crippen LogP contribution is 2.44. The number of aryl methyl sites for hydroxylation is 1. The van der Waals surface area contributed by atoms with Crippen molar-refractivity contribution in [3.63, 3.8) is 0 Å². The molecule has 1 aromatic rings. The van der Waals surface area contributed by atoms with Crippen molar-refractivity contribution in [1.82, 2.24) is 9.88 Å². The van der Waals surface area contributed by atoms with Gasteiger partial charge in [0.05, 0.1) is 0 Å². The van der Waals surface area contributed by atoms with Gasteiger partial charge in [0.25, 0.3) is 0 Å². The van der Waals surface area contributed by atoms with Crippen LogP contribution >= 0.6 is 0 Å². The van der Waals surface area contributed by atoms with Gasteiger partial charge in [-0.15, -0.1) is 0 Å². The molecule has 2 nitrogen and oxygen atoms in total. The number of nitrogens with zero attached hydrogens (tertiary/aromatic N) is 1. The number of hydrogen-bond donors (Lipinski definition) is 1. The maximum Gasteiger partial charge on any atom is 0.0361 e. The Bertz CT molecular complexity index is 355. The zero-order chi connectivity index (χ0) is 11.0. The van der Waals surface area contributed by atoms with Gasteiger partial charge in [-0.25, -0.2) is 0 Å². The summed E-state index contributed by atoms with van der Waals surface area (Å²) in [6, 6.07) is 5.20. The highest BCUT2D eigenvalue weighted by Gasteiger charge is 2.38. The van der Waals surface area contributed by atoms with Crippen LogP contribution in [0.1, 0.15) is 38.3 Å². The first-order valence-corrected chi connectivity index (χ1v) is 6.74. The Kier molecular flexibility index (Phi) is 2.76. The molecule has 2 bridgehead atoms. The summed E-state index contributed by atoms with van der Waals surface area (Å²) in [5.74, 6) is 2.02. The quantitative estimate of drug-likeness (QED) is 0.822. The minimum atomic E-state index is 0.805. The molecular weight excluding hydrogens is 196 g/mol. The van der Waals surface area contributed by atoms with Crippen LogP contribution in [0, 0.1) is 11.8 Å². The second-order valence-electron chi connectivity index (χ2n) is 5.45. The number of fused-ring (bicyclic) bond motifs is 2. The summed E-state index contributed by atoms with van der Waals surface area (Å²) in [7, 11) is 0. The molecule has 2 saturated carbocycles. The van der Waals surface area contributed by atoms with Crippen molar-refractivity contribution in [3.05, 3.63) is 24.0 Å². The molecule has 16 heavy (non-hydrogen) atoms. The standard InChI is InChI=1S/C14H22N2/c1-2-16-7-3-4-13(16)10-15-14-9-11-5-6-12(14)8-11/h3-4,7,11-12,14-15H,2,5-6,8-10H2,1H3. The van der Waals surface area contributed by atoms with Gasteiger partial charge in [-0.2, -0.15) is 0 Å². The van der Waals surface area contributed by atoms with Gasteiger partial charge >= 0.3 is 0 Å². The molecule has 3 atom stereocenters. The molecule has 2 aliphatic carbocycles. The first kappa shape index (κ1) is 10.4. The van der Waals surface area contributed by atoms with Crippen LogP contribution in [0.2, 0.25) is 0 Å². The van der Waals surface area contributed by atoms with E-state index >= 15 is 0 Å². The summed E-state index contributed by atoms with van der Waals surface area (Å²) in [6.45, 7) is 4.34. The van der Waals surface area contributed by atoms with E-state index in [0.717, 1.165) is 31.0 Å². The third kappa shape index (κ3) is 1.80. The van der Waals surface area contributed by atoms with Crippen molar-refractivity contribution in [2.75, 3.05) is 0 Å². The van der Waals surface area contributed by atoms with Gasteiger partial charge in [0.15, 0.2) is 0 Å². The Labute approximate surface area is 98.0 Å². The van der Waals surface area contributed by atoms with E-state index in [-0.39, 0.29) is 0 Å². The molecule has 2 fully saturated rings. The fourth-order valence-electron chi connectivity index (χ4n) is 3.65. The minimum absolute atomic E-state index is 0.805. The van der Waals surface area contributed by atoms with Gasteiger partial charge in [0.2, 0.25) is 0 Å². The monoisotopic (exact) mass is 218 g/mol. The topological polar surface area (TPSA) is 17.0 Å². The molecule has 0 aliphatic heterocycles. The molecule has 0 aromatic carbocycles. The van der Waals surface area contributed by atoms with Crippen LogP contribution in [0.3, 0.4) is 0 Å². The molecule has 2 heteroatoms. The van der Waals surface area contributed by atoms with Gasteiger partial charge < -0.3 is 9.88 Å². The number of rotatable bonds is 4. The highest BCUT2D eigenvalue weighted by atomic mass is 15.0. The Morgan fingerprint density at radius 3 is 3.00 bits per heavy atom. The van der Waals surface area contributed by atoms with Crippen LogP contribution in [-0.4, -0.2) is 10.6 Å². The summed E-state index contributed by atoms with van der Waals surface area (Å²) in [5.41, 5.74) is 1.44. The fourth-order valence-corrected chi connectivity index (χ4v) is 3.65. The molecule has 1 heterocycles. The van der Waals surface area contributed by atoms with Crippen molar-refractivity contribution >= 4 is 0 Å². The van der Waals surface area contributed by atoms with Crippen LogP contribution in [0.15, 0.2) is 18.3 Å². The SMILES string of the molecule is CCn1cccc1CNC1CC2CCC1C2. The summed E-state index contributed by atoms with van der Waals surface area (Å²) < 4.78 is 2.33. The van der Waals surface area contributed by atoms with Gasteiger partial charge in [0, 0.05) is 31.0 Å². The number of aromatic nitrogens is 1. The lowest BCUT2D eigenvalue weighted by atomic mass is 9.95. The van der Waals surface area contributed by atoms with Crippen LogP contribution in [-0.2, 0) is 13.1 Å². The molecule has 1 aromatic heterocycles. The summed E-state index contributed by atoms with van der Waals surface area (Å²) in [4.78, 5) is 0. The molecule has 3 rings (SSSR count). The average Bonchev–Trinajstić information content (AvgIpc) is 3.01. The van der Waals surface area contributed by atoms with E-state index in [1.54, 1.807) is 0 Å². The zero-order valence-electron chi connectivity index (χ0n) is 10.2. The molecule has 0 amide bonds. The normalized spacial score (nSPS) is 32.4. The second kappa shape index (κ2) is 4.25. The molecule has 1 N–H and O–H groups in total. The van der Waals surface area contributed by atoms with Gasteiger partial charge in [-0.1, -0.05) is 6.42 Å². The van der Waals surface area contributed by atoms with Crippen molar-refractivity contribution in [3.8, 4) is 0 Å². The van der Waals surface area contributed by atoms with E-state index in [1.807, 2.05) is 0 Å². The van der Waals surface area contributed by atoms with E-state index in [4.69, 9.17) is 0 Å². The largest absolute Gasteiger partial charge is 0.351 e. The summed E-state index contributed by atoms with van der Waals surface area (Å²) in [5, 5.41) is 3.77. The predicted molar refractivity (Wildman–Crippen MR) is 66.2 cm³/mol. The van der Waals surface area contributed by atoms with E-state index in [0.29, 0.717) is 0 Å². The van der Waals surface area contributed by atoms with Crippen molar-refractivity contribution in [2.45, 2.75) is 51.7 Å². The van der Waals surface area contributed by atoms with Crippen molar-refractivity contribution in [1.29, 1.82) is 0 Å². The lowest BCUT2D eigenvalue weighted by molar-refractivity contribution is 0.347. The second-order valence-corrected chi connectivity index (χ2v) is 5.45. The summed E-state index contributed by atoms with van der Waals surface area (Å²) in [6.07, 6.45) is 8.06. The van der Waals surface area contributed by atoms with Crippen LogP contribution < -0.4 is 5.32 Å². The van der Waals surface area contributed by atoms with E-state index in [9.17, 15) is 0 Å². The van der Waals surface area contributed by atoms with Crippen LogP contribution in [0.25, 0.3) is 0 Å². The Hall–Kier alpha value is -0.760. The lowest BCUT2D eigenvalue weighted by Crippen LogP contribution is -2.33. The third-order valence-corrected chi connectivity index (χ3v) is 4.55. The van der Waals surface area contributed by atoms with Gasteiger partial charge in [-0.05, 0) is 50.2 Å². The van der Waals surface area contributed by atoms with Crippen molar-refractivity contribution in [2.24, 2.45) is 11.8 Å². The molecular formula is C14H22N2. The fraction of sp³-hybridized carbons (Fsp3) is 0.714. The Morgan fingerprint density at radius 2 is 2.31 bits per heavy atom. The lowest BCUT2D eigenvalue weighted by Gasteiger charge is -2.23. The van der Waals surface area contributed by atoms with E-state index in [2.05, 4.69) is 35.1 Å². The Balaban J connectivity index is 1.57. The molecule has 3 unspecified atom stereocenters. The number of nitrogens with one attached hydrogen (secondary N) is 1. The zero-order valence-corrected chi connectivity index (χ0v) is 10.2. The number of hydrogen-bond acceptors (Lipinski definition) is 1. The first-order chi connectivity index (χ1) is 7.86. The van der Waals surface area contributed by atoms with Crippen LogP contribution in [0.4, 0.5) is 0 Å². The van der Waals surface area contributed by atoms with Gasteiger partial charge in [-0.3, -0.25) is 0 Å². The maximum absolute atomic E-state index is 3.77. The third-order valence-electron chi connectivity index (χ3n) is 4.55. The predicted octanol–water partition coefficient (Wildman–Crippen LogP) is 2.79. The Morgan fingerprint density at radius 1 is 1.38 bits per heavy atom. The molecule has 0 saturated heterocycles. The van der Waals surface area contributed by atoms with Crippen LogP contribution in [0.5, 0.6) is 0 Å². The minimum Gasteiger partial charge on any atom is -0.351 e. The van der Waals surface area contributed by atoms with Crippen molar-refractivity contribution < 1.29 is 0 Å². The molecule has 0 spiro atoms. The smallest absolute Gasteiger partial charge is 0.0361 e. The molecule has 0 radical (unpaired) electrons. The molecule has 88 valence electrons. The molecule has 2 aliphatic rings.